The molecule has 4 heteroatoms. The van der Waals surface area contributed by atoms with Gasteiger partial charge in [-0.25, -0.2) is 4.98 Å². The molecule has 0 fully saturated rings. The Morgan fingerprint density at radius 3 is 2.67 bits per heavy atom. The van der Waals surface area contributed by atoms with E-state index in [1.165, 1.54) is 32.1 Å². The van der Waals surface area contributed by atoms with Crippen LogP contribution in [0.2, 0.25) is 5.02 Å². The Morgan fingerprint density at radius 1 is 1.17 bits per heavy atom. The molecule has 0 radical (unpaired) electrons. The zero-order chi connectivity index (χ0) is 13.2. The van der Waals surface area contributed by atoms with Crippen LogP contribution in [0.25, 0.3) is 0 Å². The maximum absolute atomic E-state index is 6.00. The molecule has 1 rings (SSSR count). The van der Waals surface area contributed by atoms with Crippen LogP contribution in [-0.2, 0) is 11.3 Å². The van der Waals surface area contributed by atoms with Crippen LogP contribution in [0.4, 0.5) is 5.82 Å². The fourth-order valence-electron chi connectivity index (χ4n) is 1.76. The van der Waals surface area contributed by atoms with E-state index in [1.54, 1.807) is 12.1 Å². The molecular formula is C14H23ClN2O. The van der Waals surface area contributed by atoms with Gasteiger partial charge in [0.1, 0.15) is 5.82 Å². The first kappa shape index (κ1) is 15.3. The van der Waals surface area contributed by atoms with Gasteiger partial charge in [-0.3, -0.25) is 0 Å². The number of nitrogens with two attached hydrogens (primary N) is 1. The summed E-state index contributed by atoms with van der Waals surface area (Å²) in [5, 5.41) is 0.618. The van der Waals surface area contributed by atoms with E-state index in [2.05, 4.69) is 11.9 Å². The molecule has 0 saturated carbocycles. The minimum Gasteiger partial charge on any atom is -0.384 e. The lowest BCUT2D eigenvalue weighted by Crippen LogP contribution is -2.01. The summed E-state index contributed by atoms with van der Waals surface area (Å²) in [6.45, 7) is 3.43. The summed E-state index contributed by atoms with van der Waals surface area (Å²) < 4.78 is 5.56. The van der Waals surface area contributed by atoms with E-state index < -0.39 is 0 Å². The molecule has 0 amide bonds. The third kappa shape index (κ3) is 6.22. The van der Waals surface area contributed by atoms with E-state index in [1.807, 2.05) is 0 Å². The highest BCUT2D eigenvalue weighted by Gasteiger charge is 2.02. The largest absolute Gasteiger partial charge is 0.384 e. The molecule has 102 valence electrons. The second-order valence-corrected chi connectivity index (χ2v) is 4.89. The number of ether oxygens (including phenoxy) is 1. The van der Waals surface area contributed by atoms with E-state index in [-0.39, 0.29) is 0 Å². The molecule has 1 heterocycles. The molecule has 0 saturated heterocycles. The highest BCUT2D eigenvalue weighted by Crippen LogP contribution is 2.16. The van der Waals surface area contributed by atoms with Gasteiger partial charge in [-0.1, -0.05) is 50.6 Å². The van der Waals surface area contributed by atoms with Crippen LogP contribution in [0.5, 0.6) is 0 Å². The fraction of sp³-hybridized carbons (Fsp3) is 0.643. The van der Waals surface area contributed by atoms with Gasteiger partial charge < -0.3 is 10.5 Å². The summed E-state index contributed by atoms with van der Waals surface area (Å²) in [7, 11) is 0. The van der Waals surface area contributed by atoms with E-state index in [0.29, 0.717) is 17.4 Å². The summed E-state index contributed by atoms with van der Waals surface area (Å²) in [5.41, 5.74) is 6.33. The van der Waals surface area contributed by atoms with Crippen molar-refractivity contribution in [3.05, 3.63) is 22.8 Å². The number of anilines is 1. The van der Waals surface area contributed by atoms with Crippen molar-refractivity contribution < 1.29 is 4.74 Å². The summed E-state index contributed by atoms with van der Waals surface area (Å²) in [5.74, 6) is 0.484. The van der Waals surface area contributed by atoms with Crippen LogP contribution in [0.1, 0.15) is 51.1 Å². The Hall–Kier alpha value is -0.800. The summed E-state index contributed by atoms with van der Waals surface area (Å²) in [6, 6.07) is 3.45. The van der Waals surface area contributed by atoms with Gasteiger partial charge in [0.25, 0.3) is 0 Å². The third-order valence-electron chi connectivity index (χ3n) is 2.82. The molecule has 0 aliphatic carbocycles. The summed E-state index contributed by atoms with van der Waals surface area (Å²) in [4.78, 5) is 4.15. The van der Waals surface area contributed by atoms with Crippen LogP contribution in [0.15, 0.2) is 12.1 Å². The number of nitrogens with zero attached hydrogens (tertiary/aromatic N) is 1. The van der Waals surface area contributed by atoms with E-state index >= 15 is 0 Å². The molecule has 0 aliphatic rings. The Balaban J connectivity index is 2.09. The Kier molecular flexibility index (Phi) is 7.78. The highest BCUT2D eigenvalue weighted by molar-refractivity contribution is 6.31. The zero-order valence-electron chi connectivity index (χ0n) is 11.1. The predicted octanol–water partition coefficient (Wildman–Crippen LogP) is 4.19. The number of halogens is 1. The molecular weight excluding hydrogens is 248 g/mol. The summed E-state index contributed by atoms with van der Waals surface area (Å²) >= 11 is 6.00. The number of unbranched alkanes of at least 4 members (excludes halogenated alkanes) is 5. The van der Waals surface area contributed by atoms with Gasteiger partial charge in [0.2, 0.25) is 0 Å². The minimum atomic E-state index is 0.443. The van der Waals surface area contributed by atoms with Crippen molar-refractivity contribution in [2.75, 3.05) is 12.3 Å². The average Bonchev–Trinajstić information content (AvgIpc) is 2.36. The van der Waals surface area contributed by atoms with Gasteiger partial charge in [-0.15, -0.1) is 0 Å². The molecule has 2 N–H and O–H groups in total. The predicted molar refractivity (Wildman–Crippen MR) is 76.7 cm³/mol. The minimum absolute atomic E-state index is 0.443. The molecule has 1 aromatic rings. The molecule has 3 nitrogen and oxygen atoms in total. The van der Waals surface area contributed by atoms with E-state index in [4.69, 9.17) is 22.1 Å². The van der Waals surface area contributed by atoms with Crippen LogP contribution in [0.3, 0.4) is 0 Å². The summed E-state index contributed by atoms with van der Waals surface area (Å²) in [6.07, 6.45) is 7.59. The fourth-order valence-corrected chi connectivity index (χ4v) is 1.92. The number of nitrogen functional groups attached to an aromatic ring is 1. The van der Waals surface area contributed by atoms with Crippen LogP contribution in [-0.4, -0.2) is 11.6 Å². The van der Waals surface area contributed by atoms with Crippen LogP contribution in [0, 0.1) is 0 Å². The highest BCUT2D eigenvalue weighted by atomic mass is 35.5. The quantitative estimate of drug-likeness (QED) is 0.684. The number of rotatable bonds is 9. The first-order valence-electron chi connectivity index (χ1n) is 6.72. The smallest absolute Gasteiger partial charge is 0.123 e. The second kappa shape index (κ2) is 9.17. The Labute approximate surface area is 115 Å². The molecule has 0 spiro atoms. The molecule has 0 aromatic carbocycles. The van der Waals surface area contributed by atoms with Crippen molar-refractivity contribution in [3.63, 3.8) is 0 Å². The first-order valence-corrected chi connectivity index (χ1v) is 7.10. The lowest BCUT2D eigenvalue weighted by molar-refractivity contribution is 0.114. The number of pyridine rings is 1. The van der Waals surface area contributed by atoms with Crippen molar-refractivity contribution in [2.45, 2.75) is 52.1 Å². The van der Waals surface area contributed by atoms with Gasteiger partial charge in [0.15, 0.2) is 0 Å². The Morgan fingerprint density at radius 2 is 1.89 bits per heavy atom. The molecule has 0 bridgehead atoms. The number of hydrogen-bond acceptors (Lipinski definition) is 3. The van der Waals surface area contributed by atoms with Crippen molar-refractivity contribution >= 4 is 17.4 Å². The van der Waals surface area contributed by atoms with E-state index in [0.717, 1.165) is 18.7 Å². The van der Waals surface area contributed by atoms with Gasteiger partial charge in [-0.05, 0) is 18.6 Å². The van der Waals surface area contributed by atoms with Gasteiger partial charge in [0, 0.05) is 6.61 Å². The number of hydrogen-bond donors (Lipinski definition) is 1. The monoisotopic (exact) mass is 270 g/mol. The lowest BCUT2D eigenvalue weighted by Gasteiger charge is -2.06. The molecule has 0 unspecified atom stereocenters. The van der Waals surface area contributed by atoms with Crippen molar-refractivity contribution in [1.29, 1.82) is 0 Å². The SMILES string of the molecule is CCCCCCCCOCc1nc(N)ccc1Cl. The number of aromatic nitrogens is 1. The Bertz CT molecular complexity index is 345. The topological polar surface area (TPSA) is 48.1 Å². The average molecular weight is 271 g/mol. The first-order chi connectivity index (χ1) is 8.74. The molecule has 18 heavy (non-hydrogen) atoms. The molecule has 0 atom stereocenters. The maximum atomic E-state index is 6.00. The third-order valence-corrected chi connectivity index (χ3v) is 3.17. The zero-order valence-corrected chi connectivity index (χ0v) is 11.9. The van der Waals surface area contributed by atoms with Gasteiger partial charge >= 0.3 is 0 Å². The van der Waals surface area contributed by atoms with Crippen molar-refractivity contribution in [3.8, 4) is 0 Å². The van der Waals surface area contributed by atoms with Gasteiger partial charge in [0.05, 0.1) is 17.3 Å². The van der Waals surface area contributed by atoms with Crippen LogP contribution < -0.4 is 5.73 Å². The molecule has 1 aromatic heterocycles. The second-order valence-electron chi connectivity index (χ2n) is 4.48. The van der Waals surface area contributed by atoms with Crippen molar-refractivity contribution in [2.24, 2.45) is 0 Å². The van der Waals surface area contributed by atoms with Crippen molar-refractivity contribution in [1.82, 2.24) is 4.98 Å². The maximum Gasteiger partial charge on any atom is 0.123 e. The van der Waals surface area contributed by atoms with E-state index in [9.17, 15) is 0 Å². The van der Waals surface area contributed by atoms with Crippen LogP contribution >= 0.6 is 11.6 Å². The standard InChI is InChI=1S/C14H23ClN2O/c1-2-3-4-5-6-7-10-18-11-13-12(15)8-9-14(16)17-13/h8-9H,2-7,10-11H2,1H3,(H2,16,17). The lowest BCUT2D eigenvalue weighted by atomic mass is 10.1. The molecule has 0 aliphatic heterocycles. The van der Waals surface area contributed by atoms with Gasteiger partial charge in [-0.2, -0.15) is 0 Å². The normalized spacial score (nSPS) is 10.8.